The molecule has 1 aromatic heterocycles. The maximum absolute atomic E-state index is 13.2. The summed E-state index contributed by atoms with van der Waals surface area (Å²) in [5.74, 6) is -0.0507. The lowest BCUT2D eigenvalue weighted by molar-refractivity contribution is -0.115. The number of benzene rings is 2. The molecule has 1 fully saturated rings. The Hall–Kier alpha value is -2.60. The number of hydrogen-bond acceptors (Lipinski definition) is 4. The van der Waals surface area contributed by atoms with Crippen LogP contribution >= 0.6 is 11.8 Å². The molecule has 1 amide bonds. The molecule has 1 saturated carbocycles. The highest BCUT2D eigenvalue weighted by Gasteiger charge is 2.30. The van der Waals surface area contributed by atoms with Crippen molar-refractivity contribution in [1.29, 1.82) is 0 Å². The Morgan fingerprint density at radius 3 is 2.70 bits per heavy atom. The number of hydrogen-bond donors (Lipinski definition) is 1. The number of carbonyl (C=O) groups excluding carboxylic acids is 1. The largest absolute Gasteiger partial charge is 0.325 e. The van der Waals surface area contributed by atoms with Crippen molar-refractivity contribution in [2.24, 2.45) is 0 Å². The fourth-order valence-corrected chi connectivity index (χ4v) is 4.08. The molecule has 0 spiro atoms. The van der Waals surface area contributed by atoms with Gasteiger partial charge in [-0.25, -0.2) is 0 Å². The maximum Gasteiger partial charge on any atom is 0.242 e. The topological polar surface area (TPSA) is 59.8 Å². The van der Waals surface area contributed by atoms with Gasteiger partial charge >= 0.3 is 0 Å². The van der Waals surface area contributed by atoms with Gasteiger partial charge in [-0.3, -0.25) is 4.79 Å². The van der Waals surface area contributed by atoms with Gasteiger partial charge in [0.1, 0.15) is 11.6 Å². The molecule has 27 heavy (non-hydrogen) atoms. The molecule has 0 radical (unpaired) electrons. The van der Waals surface area contributed by atoms with Crippen LogP contribution in [0.4, 0.5) is 5.69 Å². The van der Waals surface area contributed by atoms with Gasteiger partial charge in [-0.05, 0) is 49.4 Å². The summed E-state index contributed by atoms with van der Waals surface area (Å²) in [5, 5.41) is 11.8. The number of rotatable bonds is 6. The molecule has 1 heterocycles. The van der Waals surface area contributed by atoms with Crippen LogP contribution in [0.3, 0.4) is 0 Å². The monoisotopic (exact) mass is 378 g/mol. The molecule has 1 aliphatic rings. The molecule has 1 N–H and O–H groups in total. The number of amides is 1. The summed E-state index contributed by atoms with van der Waals surface area (Å²) >= 11 is 1.46. The van der Waals surface area contributed by atoms with Gasteiger partial charge in [0.2, 0.25) is 5.91 Å². The van der Waals surface area contributed by atoms with Crippen LogP contribution in [0.1, 0.15) is 40.8 Å². The Kier molecular flexibility index (Phi) is 4.99. The number of aromatic nitrogens is 3. The molecule has 0 aliphatic heterocycles. The highest BCUT2D eigenvalue weighted by atomic mass is 32.2. The number of nitrogens with one attached hydrogen (secondary N) is 1. The van der Waals surface area contributed by atoms with Crippen LogP contribution in [0.25, 0.3) is 0 Å². The highest BCUT2D eigenvalue weighted by Crippen LogP contribution is 2.41. The average molecular weight is 379 g/mol. The first kappa shape index (κ1) is 17.8. The Balaban J connectivity index is 1.62. The van der Waals surface area contributed by atoms with Crippen molar-refractivity contribution >= 4 is 23.4 Å². The summed E-state index contributed by atoms with van der Waals surface area (Å²) < 4.78 is 2.09. The SMILES string of the molecule is Cc1ccc(C)c(NC(=O)[C@@H](Sc2nncn2C2CC2)c2ccccc2)c1. The van der Waals surface area contributed by atoms with Gasteiger partial charge in [0.15, 0.2) is 5.16 Å². The van der Waals surface area contributed by atoms with Crippen molar-refractivity contribution in [3.63, 3.8) is 0 Å². The third kappa shape index (κ3) is 4.06. The summed E-state index contributed by atoms with van der Waals surface area (Å²) in [6.45, 7) is 4.03. The Morgan fingerprint density at radius 2 is 1.96 bits per heavy atom. The predicted molar refractivity (Wildman–Crippen MR) is 108 cm³/mol. The molecular weight excluding hydrogens is 356 g/mol. The van der Waals surface area contributed by atoms with Crippen LogP contribution in [-0.2, 0) is 4.79 Å². The van der Waals surface area contributed by atoms with Crippen molar-refractivity contribution in [1.82, 2.24) is 14.8 Å². The smallest absolute Gasteiger partial charge is 0.242 e. The molecule has 0 bridgehead atoms. The lowest BCUT2D eigenvalue weighted by Gasteiger charge is -2.18. The highest BCUT2D eigenvalue weighted by molar-refractivity contribution is 8.00. The fraction of sp³-hybridized carbons (Fsp3) is 0.286. The van der Waals surface area contributed by atoms with E-state index >= 15 is 0 Å². The van der Waals surface area contributed by atoms with Crippen LogP contribution in [0, 0.1) is 13.8 Å². The zero-order valence-corrected chi connectivity index (χ0v) is 16.2. The summed E-state index contributed by atoms with van der Waals surface area (Å²) in [6.07, 6.45) is 4.07. The molecule has 6 heteroatoms. The van der Waals surface area contributed by atoms with Gasteiger partial charge in [0.25, 0.3) is 0 Å². The van der Waals surface area contributed by atoms with E-state index in [1.165, 1.54) is 11.8 Å². The Morgan fingerprint density at radius 1 is 1.19 bits per heavy atom. The number of nitrogens with zero attached hydrogens (tertiary/aromatic N) is 3. The van der Waals surface area contributed by atoms with Gasteiger partial charge < -0.3 is 9.88 Å². The first-order valence-electron chi connectivity index (χ1n) is 9.11. The summed E-state index contributed by atoms with van der Waals surface area (Å²) in [5.41, 5.74) is 3.97. The van der Waals surface area contributed by atoms with Crippen LogP contribution in [0.15, 0.2) is 60.0 Å². The number of carbonyl (C=O) groups is 1. The van der Waals surface area contributed by atoms with Gasteiger partial charge in [0.05, 0.1) is 0 Å². The first-order chi connectivity index (χ1) is 13.1. The summed E-state index contributed by atoms with van der Waals surface area (Å²) in [6, 6.07) is 16.4. The standard InChI is InChI=1S/C21H22N4OS/c1-14-8-9-15(2)18(12-14)23-20(26)19(16-6-4-3-5-7-16)27-21-24-22-13-25(21)17-10-11-17/h3-9,12-13,17,19H,10-11H2,1-2H3,(H,23,26)/t19-/m0/s1. The molecule has 3 aromatic rings. The van der Waals surface area contributed by atoms with Gasteiger partial charge in [0, 0.05) is 11.7 Å². The normalized spacial score (nSPS) is 14.7. The third-order valence-corrected chi connectivity index (χ3v) is 5.92. The first-order valence-corrected chi connectivity index (χ1v) is 9.99. The quantitative estimate of drug-likeness (QED) is 0.632. The van der Waals surface area contributed by atoms with Crippen molar-refractivity contribution in [3.8, 4) is 0 Å². The summed E-state index contributed by atoms with van der Waals surface area (Å²) in [4.78, 5) is 13.2. The second-order valence-electron chi connectivity index (χ2n) is 6.97. The van der Waals surface area contributed by atoms with E-state index < -0.39 is 5.25 Å². The maximum atomic E-state index is 13.2. The molecule has 5 nitrogen and oxygen atoms in total. The van der Waals surface area contributed by atoms with E-state index in [0.717, 1.165) is 40.4 Å². The number of aryl methyl sites for hydroxylation is 2. The lowest BCUT2D eigenvalue weighted by atomic mass is 10.1. The van der Waals surface area contributed by atoms with E-state index in [9.17, 15) is 4.79 Å². The number of thioether (sulfide) groups is 1. The van der Waals surface area contributed by atoms with Crippen molar-refractivity contribution in [3.05, 3.63) is 71.5 Å². The third-order valence-electron chi connectivity index (χ3n) is 4.70. The zero-order chi connectivity index (χ0) is 18.8. The minimum absolute atomic E-state index is 0.0507. The molecule has 1 aliphatic carbocycles. The van der Waals surface area contributed by atoms with Gasteiger partial charge in [-0.2, -0.15) is 0 Å². The van der Waals surface area contributed by atoms with Crippen LogP contribution in [-0.4, -0.2) is 20.7 Å². The van der Waals surface area contributed by atoms with Crippen molar-refractivity contribution in [2.75, 3.05) is 5.32 Å². The molecule has 1 atom stereocenters. The average Bonchev–Trinajstić information content (AvgIpc) is 3.41. The van der Waals surface area contributed by atoms with Crippen molar-refractivity contribution < 1.29 is 4.79 Å². The van der Waals surface area contributed by atoms with E-state index in [4.69, 9.17) is 0 Å². The minimum Gasteiger partial charge on any atom is -0.325 e. The molecule has 2 aromatic carbocycles. The van der Waals surface area contributed by atoms with Crippen LogP contribution in [0.2, 0.25) is 0 Å². The Labute approximate surface area is 163 Å². The molecule has 4 rings (SSSR count). The second kappa shape index (κ2) is 7.56. The van der Waals surface area contributed by atoms with Crippen LogP contribution in [0.5, 0.6) is 0 Å². The van der Waals surface area contributed by atoms with E-state index in [1.54, 1.807) is 6.33 Å². The predicted octanol–water partition coefficient (Wildman–Crippen LogP) is 4.70. The molecule has 138 valence electrons. The van der Waals surface area contributed by atoms with Gasteiger partial charge in [-0.15, -0.1) is 10.2 Å². The van der Waals surface area contributed by atoms with Gasteiger partial charge in [-0.1, -0.05) is 54.2 Å². The molecule has 0 saturated heterocycles. The second-order valence-corrected chi connectivity index (χ2v) is 8.04. The summed E-state index contributed by atoms with van der Waals surface area (Å²) in [7, 11) is 0. The minimum atomic E-state index is -0.396. The van der Waals surface area contributed by atoms with E-state index in [2.05, 4.69) is 20.1 Å². The van der Waals surface area contributed by atoms with Crippen molar-refractivity contribution in [2.45, 2.75) is 43.1 Å². The van der Waals surface area contributed by atoms with E-state index in [0.29, 0.717) is 6.04 Å². The van der Waals surface area contributed by atoms with E-state index in [1.807, 2.05) is 62.4 Å². The van der Waals surface area contributed by atoms with E-state index in [-0.39, 0.29) is 5.91 Å². The number of anilines is 1. The van der Waals surface area contributed by atoms with Crippen LogP contribution < -0.4 is 5.32 Å². The molecular formula is C21H22N4OS. The molecule has 0 unspecified atom stereocenters. The lowest BCUT2D eigenvalue weighted by Crippen LogP contribution is -2.20. The fourth-order valence-electron chi connectivity index (χ4n) is 2.99. The Bertz CT molecular complexity index is 950. The zero-order valence-electron chi connectivity index (χ0n) is 15.4.